The third-order valence-electron chi connectivity index (χ3n) is 0.707. The predicted molar refractivity (Wildman–Crippen MR) is 33.7 cm³/mol. The second-order valence-corrected chi connectivity index (χ2v) is 3.63. The molecule has 0 rings (SSSR count). The maximum Gasteiger partial charge on any atom is 0.405 e. The topological polar surface area (TPSA) is 38.7 Å². The van der Waals surface area contributed by atoms with Crippen LogP contribution in [0.25, 0.3) is 0 Å². The Morgan fingerprint density at radius 2 is 2.12 bits per heavy atom. The lowest BCUT2D eigenvalue weighted by Gasteiger charge is -2.06. The van der Waals surface area contributed by atoms with Crippen LogP contribution in [0, 0.1) is 0 Å². The first-order valence-electron chi connectivity index (χ1n) is 2.42. The van der Waals surface area contributed by atoms with Gasteiger partial charge in [-0.15, -0.1) is 0 Å². The monoisotopic (exact) mass is 139 g/mol. The van der Waals surface area contributed by atoms with Gasteiger partial charge in [-0.25, -0.2) is 0 Å². The molecule has 0 amide bonds. The molecule has 8 heavy (non-hydrogen) atoms. The highest BCUT2D eigenvalue weighted by atomic mass is 31.2. The maximum absolute atomic E-state index is 8.99. The zero-order chi connectivity index (χ0) is 6.62. The van der Waals surface area contributed by atoms with Gasteiger partial charge in [-0.2, -0.15) is 13.9 Å². The fourth-order valence-corrected chi connectivity index (χ4v) is 0.877. The molecule has 1 atom stereocenters. The van der Waals surface area contributed by atoms with Gasteiger partial charge in [0.2, 0.25) is 0 Å². The molecule has 1 unspecified atom stereocenters. The van der Waals surface area contributed by atoms with Gasteiger partial charge in [0.1, 0.15) is 6.66 Å². The minimum atomic E-state index is -2.42. The van der Waals surface area contributed by atoms with Gasteiger partial charge in [0.05, 0.1) is 13.7 Å². The lowest BCUT2D eigenvalue weighted by Crippen LogP contribution is -1.96. The third-order valence-corrected chi connectivity index (χ3v) is 2.12. The fraction of sp³-hybridized carbons (Fsp3) is 1.00. The Kier molecular flexibility index (Phi) is 3.49. The van der Waals surface area contributed by atoms with Crippen molar-refractivity contribution in [2.24, 2.45) is 0 Å². The molecule has 0 aromatic carbocycles. The van der Waals surface area contributed by atoms with Crippen molar-refractivity contribution in [2.75, 3.05) is 20.4 Å². The van der Waals surface area contributed by atoms with Gasteiger partial charge in [-0.05, 0) is 6.92 Å². The van der Waals surface area contributed by atoms with Gasteiger partial charge in [-0.3, -0.25) is 0 Å². The quantitative estimate of drug-likeness (QED) is 0.594. The van der Waals surface area contributed by atoms with Gasteiger partial charge in [0.15, 0.2) is 0 Å². The van der Waals surface area contributed by atoms with Crippen LogP contribution in [0.2, 0.25) is 0 Å². The van der Waals surface area contributed by atoms with Gasteiger partial charge in [-0.1, -0.05) is 0 Å². The summed E-state index contributed by atoms with van der Waals surface area (Å²) in [5, 5.41) is 0. The van der Waals surface area contributed by atoms with E-state index in [0.29, 0.717) is 6.61 Å². The number of rotatable bonds is 3. The van der Waals surface area contributed by atoms with E-state index in [2.05, 4.69) is 4.52 Å². The van der Waals surface area contributed by atoms with Crippen molar-refractivity contribution >= 4 is 7.94 Å². The molecule has 0 radical (unpaired) electrons. The smallest absolute Gasteiger partial charge is 0.193 e. The SMILES string of the molecule is CCO[P+](C)(O)OC. The normalized spacial score (nSPS) is 18.0. The van der Waals surface area contributed by atoms with Crippen LogP contribution in [0.5, 0.6) is 0 Å². The van der Waals surface area contributed by atoms with Crippen LogP contribution in [0.1, 0.15) is 6.92 Å². The van der Waals surface area contributed by atoms with E-state index in [1.54, 1.807) is 6.66 Å². The van der Waals surface area contributed by atoms with Crippen molar-refractivity contribution in [1.29, 1.82) is 0 Å². The molecular weight excluding hydrogens is 127 g/mol. The first-order valence-corrected chi connectivity index (χ1v) is 4.44. The molecule has 0 fully saturated rings. The molecule has 50 valence electrons. The van der Waals surface area contributed by atoms with Crippen LogP contribution in [-0.4, -0.2) is 25.3 Å². The molecule has 0 bridgehead atoms. The molecular formula is C4H12O3P+. The molecule has 0 aliphatic heterocycles. The maximum atomic E-state index is 8.99. The molecule has 0 aromatic rings. The van der Waals surface area contributed by atoms with Crippen LogP contribution >= 0.6 is 7.94 Å². The lowest BCUT2D eigenvalue weighted by atomic mass is 10.9. The van der Waals surface area contributed by atoms with Gasteiger partial charge < -0.3 is 0 Å². The molecule has 0 saturated heterocycles. The first-order chi connectivity index (χ1) is 3.62. The standard InChI is InChI=1S/C4H12O3P/c1-4-7-8(3,5)6-2/h5H,4H2,1-3H3/q+1. The third kappa shape index (κ3) is 3.33. The first kappa shape index (κ1) is 8.31. The van der Waals surface area contributed by atoms with Crippen LogP contribution in [0.4, 0.5) is 0 Å². The van der Waals surface area contributed by atoms with E-state index in [1.807, 2.05) is 6.92 Å². The van der Waals surface area contributed by atoms with Crippen molar-refractivity contribution in [2.45, 2.75) is 6.92 Å². The van der Waals surface area contributed by atoms with Crippen LogP contribution in [0.3, 0.4) is 0 Å². The predicted octanol–water partition coefficient (Wildman–Crippen LogP) is 1.05. The van der Waals surface area contributed by atoms with E-state index in [-0.39, 0.29) is 0 Å². The minimum absolute atomic E-state index is 0.495. The molecule has 1 N–H and O–H groups in total. The van der Waals surface area contributed by atoms with E-state index < -0.39 is 7.94 Å². The van der Waals surface area contributed by atoms with Gasteiger partial charge >= 0.3 is 7.94 Å². The number of hydrogen-bond acceptors (Lipinski definition) is 3. The summed E-state index contributed by atoms with van der Waals surface area (Å²) < 4.78 is 9.45. The second kappa shape index (κ2) is 3.36. The van der Waals surface area contributed by atoms with E-state index in [9.17, 15) is 0 Å². The minimum Gasteiger partial charge on any atom is -0.193 e. The number of hydrogen-bond donors (Lipinski definition) is 1. The zero-order valence-corrected chi connectivity index (χ0v) is 6.31. The molecule has 0 aliphatic rings. The van der Waals surface area contributed by atoms with Crippen molar-refractivity contribution in [3.8, 4) is 0 Å². The summed E-state index contributed by atoms with van der Waals surface area (Å²) in [5.41, 5.74) is 0. The largest absolute Gasteiger partial charge is 0.405 e. The second-order valence-electron chi connectivity index (χ2n) is 1.40. The highest BCUT2D eigenvalue weighted by molar-refractivity contribution is 7.59. The van der Waals surface area contributed by atoms with E-state index >= 15 is 0 Å². The average molecular weight is 139 g/mol. The highest BCUT2D eigenvalue weighted by Crippen LogP contribution is 2.51. The van der Waals surface area contributed by atoms with E-state index in [0.717, 1.165) is 0 Å². The Balaban J connectivity index is 3.37. The van der Waals surface area contributed by atoms with E-state index in [1.165, 1.54) is 7.11 Å². The van der Waals surface area contributed by atoms with E-state index in [4.69, 9.17) is 9.42 Å². The molecule has 0 spiro atoms. The molecule has 0 aliphatic carbocycles. The molecule has 0 aromatic heterocycles. The Morgan fingerprint density at radius 1 is 1.62 bits per heavy atom. The summed E-state index contributed by atoms with van der Waals surface area (Å²) in [4.78, 5) is 8.99. The molecule has 4 heteroatoms. The zero-order valence-electron chi connectivity index (χ0n) is 5.42. The Hall–Kier alpha value is 0.310. The summed E-state index contributed by atoms with van der Waals surface area (Å²) in [6.45, 7) is 3.86. The van der Waals surface area contributed by atoms with Gasteiger partial charge in [0.25, 0.3) is 0 Å². The van der Waals surface area contributed by atoms with Gasteiger partial charge in [0, 0.05) is 0 Å². The average Bonchev–Trinajstić information content (AvgIpc) is 1.67. The molecule has 0 saturated carbocycles. The van der Waals surface area contributed by atoms with Crippen molar-refractivity contribution < 1.29 is 13.9 Å². The lowest BCUT2D eigenvalue weighted by molar-refractivity contribution is 0.218. The highest BCUT2D eigenvalue weighted by Gasteiger charge is 2.29. The summed E-state index contributed by atoms with van der Waals surface area (Å²) in [6.07, 6.45) is 0. The Bertz CT molecular complexity index is 64.3. The van der Waals surface area contributed by atoms with Crippen molar-refractivity contribution in [1.82, 2.24) is 0 Å². The summed E-state index contributed by atoms with van der Waals surface area (Å²) in [6, 6.07) is 0. The summed E-state index contributed by atoms with van der Waals surface area (Å²) in [5.74, 6) is 0. The van der Waals surface area contributed by atoms with Crippen LogP contribution < -0.4 is 0 Å². The van der Waals surface area contributed by atoms with Crippen molar-refractivity contribution in [3.63, 3.8) is 0 Å². The summed E-state index contributed by atoms with van der Waals surface area (Å²) in [7, 11) is -0.989. The van der Waals surface area contributed by atoms with Crippen LogP contribution in [0.15, 0.2) is 0 Å². The molecule has 0 heterocycles. The molecule has 3 nitrogen and oxygen atoms in total. The Morgan fingerprint density at radius 3 is 2.25 bits per heavy atom. The fourth-order valence-electron chi connectivity index (χ4n) is 0.292. The Labute approximate surface area is 50.2 Å². The summed E-state index contributed by atoms with van der Waals surface area (Å²) >= 11 is 0. The van der Waals surface area contributed by atoms with Crippen molar-refractivity contribution in [3.05, 3.63) is 0 Å². The van der Waals surface area contributed by atoms with Crippen LogP contribution in [-0.2, 0) is 9.05 Å².